The van der Waals surface area contributed by atoms with Crippen molar-refractivity contribution in [1.82, 2.24) is 10.3 Å². The van der Waals surface area contributed by atoms with E-state index in [-0.39, 0.29) is 11.9 Å². The maximum absolute atomic E-state index is 11.5. The first kappa shape index (κ1) is 16.3. The molecule has 0 saturated carbocycles. The fourth-order valence-electron chi connectivity index (χ4n) is 1.74. The van der Waals surface area contributed by atoms with Gasteiger partial charge in [-0.25, -0.2) is 4.98 Å². The fraction of sp³-hybridized carbons (Fsp3) is 0.333. The summed E-state index contributed by atoms with van der Waals surface area (Å²) in [6.45, 7) is 3.91. The molecule has 6 heteroatoms. The Labute approximate surface area is 138 Å². The highest BCUT2D eigenvalue weighted by molar-refractivity contribution is 7.99. The number of carbonyl (C=O) groups is 1. The highest BCUT2D eigenvalue weighted by Gasteiger charge is 2.09. The molecule has 0 aliphatic carbocycles. The number of hydrogen-bond acceptors (Lipinski definition) is 4. The summed E-state index contributed by atoms with van der Waals surface area (Å²) < 4.78 is 0. The summed E-state index contributed by atoms with van der Waals surface area (Å²) in [4.78, 5) is 16.1. The highest BCUT2D eigenvalue weighted by Crippen LogP contribution is 2.30. The molecule has 2 aromatic rings. The number of amides is 1. The summed E-state index contributed by atoms with van der Waals surface area (Å²) >= 11 is 9.32. The van der Waals surface area contributed by atoms with Gasteiger partial charge in [-0.3, -0.25) is 4.79 Å². The number of thiazole rings is 1. The molecular weight excluding hydrogens is 324 g/mol. The van der Waals surface area contributed by atoms with Gasteiger partial charge in [-0.2, -0.15) is 0 Å². The number of nitrogens with one attached hydrogen (secondary N) is 1. The van der Waals surface area contributed by atoms with Crippen LogP contribution in [0.25, 0.3) is 10.6 Å². The van der Waals surface area contributed by atoms with Gasteiger partial charge in [0.1, 0.15) is 5.01 Å². The zero-order valence-electron chi connectivity index (χ0n) is 11.9. The van der Waals surface area contributed by atoms with Gasteiger partial charge in [0.2, 0.25) is 5.91 Å². The van der Waals surface area contributed by atoms with Crippen molar-refractivity contribution in [3.05, 3.63) is 40.4 Å². The van der Waals surface area contributed by atoms with E-state index in [0.29, 0.717) is 10.8 Å². The number of aromatic nitrogens is 1. The van der Waals surface area contributed by atoms with Crippen molar-refractivity contribution in [2.24, 2.45) is 0 Å². The van der Waals surface area contributed by atoms with Crippen LogP contribution in [-0.4, -0.2) is 22.7 Å². The molecule has 0 spiro atoms. The van der Waals surface area contributed by atoms with Gasteiger partial charge in [0.25, 0.3) is 0 Å². The molecule has 3 nitrogen and oxygen atoms in total. The first-order valence-electron chi connectivity index (χ1n) is 6.62. The van der Waals surface area contributed by atoms with E-state index in [1.807, 2.05) is 43.5 Å². The molecule has 1 aromatic heterocycles. The van der Waals surface area contributed by atoms with Crippen molar-refractivity contribution in [2.45, 2.75) is 25.6 Å². The Kier molecular flexibility index (Phi) is 6.08. The smallest absolute Gasteiger partial charge is 0.230 e. The van der Waals surface area contributed by atoms with E-state index in [1.165, 1.54) is 0 Å². The third kappa shape index (κ3) is 5.02. The number of hydrogen-bond donors (Lipinski definition) is 1. The molecule has 0 saturated heterocycles. The maximum Gasteiger partial charge on any atom is 0.230 e. The summed E-state index contributed by atoms with van der Waals surface area (Å²) in [6.07, 6.45) is 0. The third-order valence-corrected chi connectivity index (χ3v) is 4.81. The van der Waals surface area contributed by atoms with Crippen molar-refractivity contribution in [2.75, 3.05) is 5.75 Å². The first-order chi connectivity index (χ1) is 10.1. The van der Waals surface area contributed by atoms with Crippen LogP contribution >= 0.6 is 34.7 Å². The zero-order chi connectivity index (χ0) is 15.2. The van der Waals surface area contributed by atoms with Gasteiger partial charge >= 0.3 is 0 Å². The second kappa shape index (κ2) is 7.82. The number of halogens is 1. The van der Waals surface area contributed by atoms with Gasteiger partial charge in [-0.05, 0) is 19.9 Å². The fourth-order valence-corrected chi connectivity index (χ4v) is 3.72. The van der Waals surface area contributed by atoms with Crippen molar-refractivity contribution in [3.63, 3.8) is 0 Å². The summed E-state index contributed by atoms with van der Waals surface area (Å²) in [7, 11) is 0. The molecule has 0 bridgehead atoms. The minimum atomic E-state index is 0.0663. The van der Waals surface area contributed by atoms with Crippen LogP contribution in [0.5, 0.6) is 0 Å². The molecule has 0 fully saturated rings. The Morgan fingerprint density at radius 1 is 1.43 bits per heavy atom. The Balaban J connectivity index is 1.89. The third-order valence-electron chi connectivity index (χ3n) is 2.59. The average molecular weight is 341 g/mol. The minimum Gasteiger partial charge on any atom is -0.353 e. The SMILES string of the molecule is CC(C)NC(=O)CSCc1csc(-c2ccccc2Cl)n1. The molecule has 1 heterocycles. The summed E-state index contributed by atoms with van der Waals surface area (Å²) in [5, 5.41) is 6.52. The Morgan fingerprint density at radius 3 is 2.90 bits per heavy atom. The van der Waals surface area contributed by atoms with Crippen molar-refractivity contribution in [3.8, 4) is 10.6 Å². The van der Waals surface area contributed by atoms with E-state index in [9.17, 15) is 4.79 Å². The molecule has 2 rings (SSSR count). The van der Waals surface area contributed by atoms with Crippen LogP contribution in [0.4, 0.5) is 0 Å². The number of carbonyl (C=O) groups excluding carboxylic acids is 1. The number of nitrogens with zero attached hydrogens (tertiary/aromatic N) is 1. The lowest BCUT2D eigenvalue weighted by Gasteiger charge is -2.07. The summed E-state index contributed by atoms with van der Waals surface area (Å²) in [5.41, 5.74) is 1.94. The molecule has 112 valence electrons. The second-order valence-electron chi connectivity index (χ2n) is 4.84. The van der Waals surface area contributed by atoms with E-state index in [1.54, 1.807) is 23.1 Å². The lowest BCUT2D eigenvalue weighted by molar-refractivity contribution is -0.119. The number of thioether (sulfide) groups is 1. The quantitative estimate of drug-likeness (QED) is 0.856. The van der Waals surface area contributed by atoms with Crippen LogP contribution in [0.1, 0.15) is 19.5 Å². The molecule has 0 aliphatic rings. The van der Waals surface area contributed by atoms with Gasteiger partial charge in [0.15, 0.2) is 0 Å². The molecule has 0 unspecified atom stereocenters. The molecule has 0 atom stereocenters. The minimum absolute atomic E-state index is 0.0663. The standard InChI is InChI=1S/C15H17ClN2OS2/c1-10(2)17-14(19)9-20-7-11-8-21-15(18-11)12-5-3-4-6-13(12)16/h3-6,8,10H,7,9H2,1-2H3,(H,17,19). The Hall–Kier alpha value is -1.04. The van der Waals surface area contributed by atoms with Gasteiger partial charge < -0.3 is 5.32 Å². The van der Waals surface area contributed by atoms with E-state index < -0.39 is 0 Å². The van der Waals surface area contributed by atoms with Crippen LogP contribution in [0.15, 0.2) is 29.6 Å². The Morgan fingerprint density at radius 2 is 2.19 bits per heavy atom. The predicted octanol–water partition coefficient (Wildman–Crippen LogP) is 4.22. The second-order valence-corrected chi connectivity index (χ2v) is 7.09. The molecule has 1 aromatic carbocycles. The van der Waals surface area contributed by atoms with Gasteiger partial charge in [-0.15, -0.1) is 23.1 Å². The average Bonchev–Trinajstić information content (AvgIpc) is 2.87. The van der Waals surface area contributed by atoms with Crippen molar-refractivity contribution in [1.29, 1.82) is 0 Å². The predicted molar refractivity (Wildman–Crippen MR) is 92.0 cm³/mol. The topological polar surface area (TPSA) is 42.0 Å². The number of benzene rings is 1. The maximum atomic E-state index is 11.5. The van der Waals surface area contributed by atoms with Crippen molar-refractivity contribution >= 4 is 40.6 Å². The van der Waals surface area contributed by atoms with Gasteiger partial charge in [-0.1, -0.05) is 29.8 Å². The van der Waals surface area contributed by atoms with Crippen LogP contribution in [0.3, 0.4) is 0 Å². The largest absolute Gasteiger partial charge is 0.353 e. The Bertz CT molecular complexity index is 613. The zero-order valence-corrected chi connectivity index (χ0v) is 14.3. The molecule has 0 aliphatic heterocycles. The summed E-state index contributed by atoms with van der Waals surface area (Å²) in [5.74, 6) is 1.25. The van der Waals surface area contributed by atoms with Crippen LogP contribution in [0, 0.1) is 0 Å². The van der Waals surface area contributed by atoms with Crippen LogP contribution in [0.2, 0.25) is 5.02 Å². The van der Waals surface area contributed by atoms with Crippen LogP contribution in [-0.2, 0) is 10.5 Å². The van der Waals surface area contributed by atoms with E-state index in [0.717, 1.165) is 22.0 Å². The molecule has 1 amide bonds. The molecule has 21 heavy (non-hydrogen) atoms. The van der Waals surface area contributed by atoms with Crippen molar-refractivity contribution < 1.29 is 4.79 Å². The molecule has 0 radical (unpaired) electrons. The normalized spacial score (nSPS) is 10.9. The van der Waals surface area contributed by atoms with E-state index in [2.05, 4.69) is 10.3 Å². The van der Waals surface area contributed by atoms with Gasteiger partial charge in [0.05, 0.1) is 16.5 Å². The number of rotatable bonds is 6. The highest BCUT2D eigenvalue weighted by atomic mass is 35.5. The molecule has 1 N–H and O–H groups in total. The summed E-state index contributed by atoms with van der Waals surface area (Å²) in [6, 6.07) is 7.87. The lowest BCUT2D eigenvalue weighted by Crippen LogP contribution is -2.31. The molecular formula is C15H17ClN2OS2. The van der Waals surface area contributed by atoms with Gasteiger partial charge in [0, 0.05) is 22.7 Å². The monoisotopic (exact) mass is 340 g/mol. The van der Waals surface area contributed by atoms with E-state index >= 15 is 0 Å². The lowest BCUT2D eigenvalue weighted by atomic mass is 10.2. The van der Waals surface area contributed by atoms with Crippen LogP contribution < -0.4 is 5.32 Å². The first-order valence-corrected chi connectivity index (χ1v) is 9.04. The van der Waals surface area contributed by atoms with E-state index in [4.69, 9.17) is 11.6 Å².